The average molecular weight is 275 g/mol. The van der Waals surface area contributed by atoms with Gasteiger partial charge in [0.25, 0.3) is 0 Å². The number of alkyl halides is 3. The number of phenolic OH excluding ortho intramolecular Hbond substituents is 1. The summed E-state index contributed by atoms with van der Waals surface area (Å²) in [6, 6.07) is 5.18. The highest BCUT2D eigenvalue weighted by atomic mass is 19.4. The summed E-state index contributed by atoms with van der Waals surface area (Å²) in [4.78, 5) is 9.39. The summed E-state index contributed by atoms with van der Waals surface area (Å²) < 4.78 is 36.9. The summed E-state index contributed by atoms with van der Waals surface area (Å²) in [6.45, 7) is 1.85. The van der Waals surface area contributed by atoms with Crippen molar-refractivity contribution in [2.75, 3.05) is 19.6 Å². The second-order valence-corrected chi connectivity index (χ2v) is 4.31. The molecule has 0 bridgehead atoms. The number of carbonyl (C=O) groups excluding carboxylic acids is 1. The third-order valence-electron chi connectivity index (χ3n) is 3.03. The van der Waals surface area contributed by atoms with Gasteiger partial charge in [-0.05, 0) is 30.0 Å². The first-order chi connectivity index (χ1) is 8.96. The van der Waals surface area contributed by atoms with Gasteiger partial charge in [0.05, 0.1) is 6.54 Å². The number of nitrogens with zero attached hydrogens (tertiary/aromatic N) is 1. The molecule has 2 rings (SSSR count). The minimum Gasteiger partial charge on any atom is -0.508 e. The van der Waals surface area contributed by atoms with Crippen molar-refractivity contribution < 1.29 is 23.1 Å². The van der Waals surface area contributed by atoms with Crippen molar-refractivity contribution in [1.29, 1.82) is 0 Å². The summed E-state index contributed by atoms with van der Waals surface area (Å²) in [7, 11) is 0. The van der Waals surface area contributed by atoms with E-state index in [9.17, 15) is 18.3 Å². The smallest absolute Gasteiger partial charge is 0.401 e. The Morgan fingerprint density at radius 3 is 2.47 bits per heavy atom. The highest BCUT2D eigenvalue weighted by Gasteiger charge is 2.31. The van der Waals surface area contributed by atoms with Gasteiger partial charge >= 0.3 is 6.18 Å². The minimum atomic E-state index is -4.15. The van der Waals surface area contributed by atoms with Crippen molar-refractivity contribution in [2.24, 2.45) is 0 Å². The maximum atomic E-state index is 12.3. The average Bonchev–Trinajstić information content (AvgIpc) is 2.54. The zero-order valence-corrected chi connectivity index (χ0v) is 10.4. The zero-order valence-electron chi connectivity index (χ0n) is 10.4. The molecule has 106 valence electrons. The van der Waals surface area contributed by atoms with Gasteiger partial charge in [-0.2, -0.15) is 13.2 Å². The van der Waals surface area contributed by atoms with Gasteiger partial charge in [0.15, 0.2) is 0 Å². The highest BCUT2D eigenvalue weighted by Crippen LogP contribution is 2.26. The first kappa shape index (κ1) is 15.5. The fourth-order valence-corrected chi connectivity index (χ4v) is 2.22. The molecule has 0 aromatic heterocycles. The molecule has 1 aromatic rings. The van der Waals surface area contributed by atoms with Crippen LogP contribution in [0.25, 0.3) is 0 Å². The van der Waals surface area contributed by atoms with E-state index in [1.165, 1.54) is 4.90 Å². The number of fused-ring (bicyclic) bond motifs is 1. The normalized spacial score (nSPS) is 15.9. The number of phenols is 1. The van der Waals surface area contributed by atoms with E-state index in [1.807, 2.05) is 12.9 Å². The highest BCUT2D eigenvalue weighted by molar-refractivity contribution is 5.40. The summed E-state index contributed by atoms with van der Waals surface area (Å²) in [5.41, 5.74) is 1.74. The van der Waals surface area contributed by atoms with Gasteiger partial charge in [0.1, 0.15) is 12.5 Å². The molecule has 3 nitrogen and oxygen atoms in total. The predicted molar refractivity (Wildman–Crippen MR) is 65.1 cm³/mol. The van der Waals surface area contributed by atoms with Crippen molar-refractivity contribution in [2.45, 2.75) is 19.0 Å². The summed E-state index contributed by atoms with van der Waals surface area (Å²) in [6.07, 6.45) is -3.13. The lowest BCUT2D eigenvalue weighted by atomic mass is 10.0. The number of halogens is 3. The quantitative estimate of drug-likeness (QED) is 0.854. The largest absolute Gasteiger partial charge is 0.508 e. The van der Waals surface area contributed by atoms with E-state index in [1.54, 1.807) is 12.1 Å². The topological polar surface area (TPSA) is 40.5 Å². The van der Waals surface area contributed by atoms with E-state index in [-0.39, 0.29) is 5.75 Å². The number of hydrogen-bond acceptors (Lipinski definition) is 3. The Bertz CT molecular complexity index is 421. The van der Waals surface area contributed by atoms with E-state index >= 15 is 0 Å². The van der Waals surface area contributed by atoms with Crippen molar-refractivity contribution in [3.05, 3.63) is 29.3 Å². The molecule has 19 heavy (non-hydrogen) atoms. The molecule has 0 fully saturated rings. The Balaban J connectivity index is 0.000000861. The van der Waals surface area contributed by atoms with Crippen molar-refractivity contribution in [3.8, 4) is 5.75 Å². The van der Waals surface area contributed by atoms with Crippen LogP contribution in [-0.2, 0) is 17.6 Å². The minimum absolute atomic E-state index is 0.191. The summed E-state index contributed by atoms with van der Waals surface area (Å²) in [5, 5.41) is 9.66. The van der Waals surface area contributed by atoms with Crippen LogP contribution < -0.4 is 0 Å². The van der Waals surface area contributed by atoms with Crippen molar-refractivity contribution >= 4 is 6.79 Å². The predicted octanol–water partition coefficient (Wildman–Crippen LogP) is 2.17. The maximum Gasteiger partial charge on any atom is 0.401 e. The Hall–Kier alpha value is -1.56. The van der Waals surface area contributed by atoms with Gasteiger partial charge in [0.2, 0.25) is 0 Å². The molecule has 0 spiro atoms. The Labute approximate surface area is 109 Å². The van der Waals surface area contributed by atoms with Gasteiger partial charge in [-0.25, -0.2) is 0 Å². The number of aromatic hydroxyl groups is 1. The number of carbonyl (C=O) groups is 1. The second kappa shape index (κ2) is 6.56. The standard InChI is InChI=1S/C12H14F3NO.CH2O/c13-12(14,15)8-16-6-4-9-2-1-3-11(17)10(9)5-7-16;1-2/h1-3,17H,4-8H2;1H2. The van der Waals surface area contributed by atoms with Gasteiger partial charge in [-0.15, -0.1) is 0 Å². The molecule has 0 amide bonds. The molecule has 0 unspecified atom stereocenters. The van der Waals surface area contributed by atoms with Crippen molar-refractivity contribution in [3.63, 3.8) is 0 Å². The van der Waals surface area contributed by atoms with Crippen LogP contribution in [0.2, 0.25) is 0 Å². The van der Waals surface area contributed by atoms with Gasteiger partial charge in [-0.3, -0.25) is 4.90 Å². The molecule has 6 heteroatoms. The third kappa shape index (κ3) is 4.55. The first-order valence-electron chi connectivity index (χ1n) is 5.83. The van der Waals surface area contributed by atoms with E-state index in [4.69, 9.17) is 4.79 Å². The first-order valence-corrected chi connectivity index (χ1v) is 5.83. The van der Waals surface area contributed by atoms with E-state index in [0.29, 0.717) is 25.9 Å². The molecular formula is C13H16F3NO2. The van der Waals surface area contributed by atoms with Crippen LogP contribution in [0.1, 0.15) is 11.1 Å². The van der Waals surface area contributed by atoms with Crippen LogP contribution in [0.15, 0.2) is 18.2 Å². The maximum absolute atomic E-state index is 12.3. The van der Waals surface area contributed by atoms with Crippen LogP contribution in [0.4, 0.5) is 13.2 Å². The second-order valence-electron chi connectivity index (χ2n) is 4.31. The fraction of sp³-hybridized carbons (Fsp3) is 0.462. The Morgan fingerprint density at radius 1 is 1.21 bits per heavy atom. The lowest BCUT2D eigenvalue weighted by Crippen LogP contribution is -2.35. The van der Waals surface area contributed by atoms with E-state index in [0.717, 1.165) is 11.1 Å². The molecule has 1 N–H and O–H groups in total. The molecule has 1 aliphatic heterocycles. The Morgan fingerprint density at radius 2 is 1.84 bits per heavy atom. The zero-order chi connectivity index (χ0) is 14.5. The van der Waals surface area contributed by atoms with Crippen LogP contribution in [0.3, 0.4) is 0 Å². The van der Waals surface area contributed by atoms with Crippen LogP contribution >= 0.6 is 0 Å². The third-order valence-corrected chi connectivity index (χ3v) is 3.03. The SMILES string of the molecule is C=O.Oc1cccc2c1CCN(CC(F)(F)F)CC2. The Kier molecular flexibility index (Phi) is 5.35. The van der Waals surface area contributed by atoms with E-state index in [2.05, 4.69) is 0 Å². The molecule has 0 saturated heterocycles. The van der Waals surface area contributed by atoms with Crippen molar-refractivity contribution in [1.82, 2.24) is 4.90 Å². The molecule has 0 atom stereocenters. The van der Waals surface area contributed by atoms with Gasteiger partial charge in [0, 0.05) is 13.1 Å². The monoisotopic (exact) mass is 275 g/mol. The van der Waals surface area contributed by atoms with Gasteiger partial charge < -0.3 is 9.90 Å². The molecular weight excluding hydrogens is 259 g/mol. The van der Waals surface area contributed by atoms with Crippen LogP contribution in [0, 0.1) is 0 Å². The number of rotatable bonds is 1. The fourth-order valence-electron chi connectivity index (χ4n) is 2.22. The number of benzene rings is 1. The molecule has 1 aromatic carbocycles. The molecule has 0 aliphatic carbocycles. The molecule has 1 heterocycles. The van der Waals surface area contributed by atoms with E-state index < -0.39 is 12.7 Å². The summed E-state index contributed by atoms with van der Waals surface area (Å²) in [5.74, 6) is 0.191. The lowest BCUT2D eigenvalue weighted by molar-refractivity contribution is -0.145. The summed E-state index contributed by atoms with van der Waals surface area (Å²) >= 11 is 0. The number of hydrogen-bond donors (Lipinski definition) is 1. The molecule has 0 radical (unpaired) electrons. The van der Waals surface area contributed by atoms with Gasteiger partial charge in [-0.1, -0.05) is 12.1 Å². The van der Waals surface area contributed by atoms with Crippen LogP contribution in [0.5, 0.6) is 5.75 Å². The molecule has 1 aliphatic rings. The van der Waals surface area contributed by atoms with Crippen LogP contribution in [-0.4, -0.2) is 42.6 Å². The lowest BCUT2D eigenvalue weighted by Gasteiger charge is -2.20. The molecule has 0 saturated carbocycles.